The number of pyridine rings is 1. The van der Waals surface area contributed by atoms with E-state index in [4.69, 9.17) is 4.74 Å². The molecule has 0 bridgehead atoms. The van der Waals surface area contributed by atoms with Crippen molar-refractivity contribution in [3.63, 3.8) is 0 Å². The number of anilines is 1. The molecule has 7 nitrogen and oxygen atoms in total. The minimum Gasteiger partial charge on any atom is -0.465 e. The smallest absolute Gasteiger partial charge is 0.338 e. The molecular formula is C18H16N4O3S. The zero-order valence-corrected chi connectivity index (χ0v) is 15.0. The normalized spacial score (nSPS) is 10.7. The van der Waals surface area contributed by atoms with Gasteiger partial charge in [0.25, 0.3) is 0 Å². The van der Waals surface area contributed by atoms with Gasteiger partial charge in [-0.2, -0.15) is 5.10 Å². The summed E-state index contributed by atoms with van der Waals surface area (Å²) < 4.78 is 10.3. The molecule has 0 unspecified atom stereocenters. The number of aromatic nitrogens is 2. The number of carbonyl (C=O) groups is 1. The number of methoxy groups -OCH3 is 1. The maximum absolute atomic E-state index is 11.5. The minimum atomic E-state index is -0.438. The van der Waals surface area contributed by atoms with Crippen molar-refractivity contribution in [1.82, 2.24) is 9.97 Å². The van der Waals surface area contributed by atoms with Gasteiger partial charge in [-0.1, -0.05) is 0 Å². The summed E-state index contributed by atoms with van der Waals surface area (Å²) in [5.41, 5.74) is 5.12. The van der Waals surface area contributed by atoms with Gasteiger partial charge in [0.05, 0.1) is 24.6 Å². The molecule has 8 heteroatoms. The standard InChI is InChI=1S/C18H16N4O3S/c1-12-11-26-18(21-12)22-20-10-13-3-5-15(6-4-13)25-16-9-14(7-8-19-16)17(23)24-2/h3-11H,1-2H3,(H,21,22). The van der Waals surface area contributed by atoms with Crippen LogP contribution < -0.4 is 10.2 Å². The van der Waals surface area contributed by atoms with Crippen LogP contribution >= 0.6 is 11.3 Å². The highest BCUT2D eigenvalue weighted by Crippen LogP contribution is 2.20. The first-order chi connectivity index (χ1) is 12.6. The fraction of sp³-hybridized carbons (Fsp3) is 0.111. The number of hydrogen-bond donors (Lipinski definition) is 1. The van der Waals surface area contributed by atoms with Gasteiger partial charge in [0.2, 0.25) is 11.0 Å². The maximum atomic E-state index is 11.5. The van der Waals surface area contributed by atoms with Gasteiger partial charge in [-0.05, 0) is 42.8 Å². The number of thiazole rings is 1. The van der Waals surface area contributed by atoms with Crippen LogP contribution in [0.2, 0.25) is 0 Å². The monoisotopic (exact) mass is 368 g/mol. The highest BCUT2D eigenvalue weighted by molar-refractivity contribution is 7.13. The Labute approximate surface area is 154 Å². The van der Waals surface area contributed by atoms with Crippen molar-refractivity contribution in [2.45, 2.75) is 6.92 Å². The molecule has 0 fully saturated rings. The van der Waals surface area contributed by atoms with Crippen LogP contribution in [0.15, 0.2) is 53.1 Å². The Morgan fingerprint density at radius 1 is 1.27 bits per heavy atom. The lowest BCUT2D eigenvalue weighted by Crippen LogP contribution is -2.01. The number of aryl methyl sites for hydroxylation is 1. The van der Waals surface area contributed by atoms with Crippen LogP contribution in [0.5, 0.6) is 11.6 Å². The van der Waals surface area contributed by atoms with Gasteiger partial charge in [0.15, 0.2) is 0 Å². The first-order valence-corrected chi connectivity index (χ1v) is 8.55. The van der Waals surface area contributed by atoms with Crippen molar-refractivity contribution in [3.05, 3.63) is 64.8 Å². The van der Waals surface area contributed by atoms with E-state index in [1.54, 1.807) is 24.4 Å². The number of hydrogen-bond acceptors (Lipinski definition) is 8. The minimum absolute atomic E-state index is 0.315. The Morgan fingerprint density at radius 2 is 2.08 bits per heavy atom. The lowest BCUT2D eigenvalue weighted by Gasteiger charge is -2.06. The Kier molecular flexibility index (Phi) is 5.55. The van der Waals surface area contributed by atoms with Crippen LogP contribution in [0.4, 0.5) is 5.13 Å². The second-order valence-electron chi connectivity index (χ2n) is 5.21. The van der Waals surface area contributed by atoms with Crippen LogP contribution in [0.25, 0.3) is 0 Å². The molecule has 0 spiro atoms. The van der Waals surface area contributed by atoms with E-state index in [9.17, 15) is 4.79 Å². The highest BCUT2D eigenvalue weighted by Gasteiger charge is 2.07. The first-order valence-electron chi connectivity index (χ1n) is 7.67. The van der Waals surface area contributed by atoms with Gasteiger partial charge >= 0.3 is 5.97 Å². The van der Waals surface area contributed by atoms with Crippen LogP contribution in [-0.4, -0.2) is 29.3 Å². The molecule has 0 saturated carbocycles. The second kappa shape index (κ2) is 8.21. The summed E-state index contributed by atoms with van der Waals surface area (Å²) in [4.78, 5) is 19.9. The number of carbonyl (C=O) groups excluding carboxylic acids is 1. The molecule has 26 heavy (non-hydrogen) atoms. The quantitative estimate of drug-likeness (QED) is 0.404. The first kappa shape index (κ1) is 17.6. The van der Waals surface area contributed by atoms with Gasteiger partial charge in [-0.15, -0.1) is 11.3 Å². The fourth-order valence-corrected chi connectivity index (χ4v) is 2.66. The fourth-order valence-electron chi connectivity index (χ4n) is 2.02. The third kappa shape index (κ3) is 4.64. The molecule has 0 radical (unpaired) electrons. The van der Waals surface area contributed by atoms with E-state index in [0.717, 1.165) is 16.4 Å². The SMILES string of the molecule is COC(=O)c1ccnc(Oc2ccc(C=NNc3nc(C)cs3)cc2)c1. The van der Waals surface area contributed by atoms with Crippen molar-refractivity contribution >= 4 is 28.7 Å². The number of hydrazone groups is 1. The molecule has 0 atom stereocenters. The number of nitrogens with one attached hydrogen (secondary N) is 1. The summed E-state index contributed by atoms with van der Waals surface area (Å²) in [6.07, 6.45) is 3.19. The molecule has 1 aromatic carbocycles. The molecule has 132 valence electrons. The number of benzene rings is 1. The molecule has 2 heterocycles. The molecule has 1 N–H and O–H groups in total. The molecule has 3 rings (SSSR count). The van der Waals surface area contributed by atoms with E-state index in [0.29, 0.717) is 17.2 Å². The molecule has 2 aromatic heterocycles. The number of esters is 1. The number of rotatable bonds is 6. The summed E-state index contributed by atoms with van der Waals surface area (Å²) >= 11 is 1.50. The topological polar surface area (TPSA) is 85.7 Å². The van der Waals surface area contributed by atoms with Crippen LogP contribution in [0.3, 0.4) is 0 Å². The Hall–Kier alpha value is -3.26. The lowest BCUT2D eigenvalue weighted by molar-refractivity contribution is 0.0600. The van der Waals surface area contributed by atoms with Crippen molar-refractivity contribution in [3.8, 4) is 11.6 Å². The average molecular weight is 368 g/mol. The van der Waals surface area contributed by atoms with Gasteiger partial charge in [0.1, 0.15) is 5.75 Å². The van der Waals surface area contributed by atoms with Crippen molar-refractivity contribution in [1.29, 1.82) is 0 Å². The van der Waals surface area contributed by atoms with Crippen LogP contribution in [-0.2, 0) is 4.74 Å². The van der Waals surface area contributed by atoms with E-state index in [-0.39, 0.29) is 0 Å². The molecular weight excluding hydrogens is 352 g/mol. The van der Waals surface area contributed by atoms with E-state index in [2.05, 4.69) is 25.2 Å². The Morgan fingerprint density at radius 3 is 2.77 bits per heavy atom. The average Bonchev–Trinajstić information content (AvgIpc) is 3.08. The maximum Gasteiger partial charge on any atom is 0.338 e. The summed E-state index contributed by atoms with van der Waals surface area (Å²) in [6, 6.07) is 10.4. The van der Waals surface area contributed by atoms with Gasteiger partial charge in [-0.25, -0.2) is 14.8 Å². The largest absolute Gasteiger partial charge is 0.465 e. The zero-order chi connectivity index (χ0) is 18.4. The highest BCUT2D eigenvalue weighted by atomic mass is 32.1. The van der Waals surface area contributed by atoms with Crippen molar-refractivity contribution in [2.75, 3.05) is 12.5 Å². The molecule has 0 aliphatic rings. The van der Waals surface area contributed by atoms with Crippen LogP contribution in [0, 0.1) is 6.92 Å². The Bertz CT molecular complexity index is 922. The van der Waals surface area contributed by atoms with E-state index < -0.39 is 5.97 Å². The third-order valence-electron chi connectivity index (χ3n) is 3.25. The number of nitrogens with zero attached hydrogens (tertiary/aromatic N) is 3. The summed E-state index contributed by atoms with van der Waals surface area (Å²) in [5, 5.41) is 6.84. The molecule has 0 amide bonds. The predicted molar refractivity (Wildman–Crippen MR) is 100 cm³/mol. The molecule has 0 aliphatic heterocycles. The third-order valence-corrected chi connectivity index (χ3v) is 4.12. The van der Waals surface area contributed by atoms with Gasteiger partial charge in [0, 0.05) is 17.6 Å². The summed E-state index contributed by atoms with van der Waals surface area (Å²) in [6.45, 7) is 1.93. The zero-order valence-electron chi connectivity index (χ0n) is 14.2. The van der Waals surface area contributed by atoms with Crippen LogP contribution in [0.1, 0.15) is 21.6 Å². The van der Waals surface area contributed by atoms with E-state index >= 15 is 0 Å². The number of ether oxygens (including phenoxy) is 2. The van der Waals surface area contributed by atoms with Crippen molar-refractivity contribution in [2.24, 2.45) is 5.10 Å². The predicted octanol–water partition coefficient (Wildman–Crippen LogP) is 3.87. The van der Waals surface area contributed by atoms with Gasteiger partial charge < -0.3 is 9.47 Å². The second-order valence-corrected chi connectivity index (χ2v) is 6.07. The Balaban J connectivity index is 1.61. The molecule has 0 saturated heterocycles. The van der Waals surface area contributed by atoms with Gasteiger partial charge in [-0.3, -0.25) is 5.43 Å². The molecule has 0 aliphatic carbocycles. The summed E-state index contributed by atoms with van der Waals surface area (Å²) in [7, 11) is 1.33. The van der Waals surface area contributed by atoms with E-state index in [1.807, 2.05) is 24.4 Å². The van der Waals surface area contributed by atoms with E-state index in [1.165, 1.54) is 30.7 Å². The van der Waals surface area contributed by atoms with Crippen molar-refractivity contribution < 1.29 is 14.3 Å². The summed E-state index contributed by atoms with van der Waals surface area (Å²) in [5.74, 6) is 0.474. The lowest BCUT2D eigenvalue weighted by atomic mass is 10.2. The molecule has 3 aromatic rings.